The SMILES string of the molecule is O=C(N/N=C/c1cscn1)c1ccccc1. The molecule has 0 aliphatic rings. The fourth-order valence-electron chi connectivity index (χ4n) is 1.10. The summed E-state index contributed by atoms with van der Waals surface area (Å²) in [5.41, 5.74) is 5.46. The normalized spacial score (nSPS) is 10.5. The number of aromatic nitrogens is 1. The van der Waals surface area contributed by atoms with Crippen molar-refractivity contribution in [3.05, 3.63) is 52.5 Å². The second kappa shape index (κ2) is 5.18. The van der Waals surface area contributed by atoms with E-state index in [-0.39, 0.29) is 5.91 Å². The van der Waals surface area contributed by atoms with Crippen LogP contribution in [0.3, 0.4) is 0 Å². The maximum Gasteiger partial charge on any atom is 0.271 e. The highest BCUT2D eigenvalue weighted by molar-refractivity contribution is 7.07. The van der Waals surface area contributed by atoms with E-state index in [9.17, 15) is 4.79 Å². The van der Waals surface area contributed by atoms with Crippen molar-refractivity contribution in [3.8, 4) is 0 Å². The second-order valence-electron chi connectivity index (χ2n) is 2.98. The van der Waals surface area contributed by atoms with Crippen molar-refractivity contribution in [1.82, 2.24) is 10.4 Å². The van der Waals surface area contributed by atoms with Gasteiger partial charge in [-0.15, -0.1) is 11.3 Å². The number of hydrogen-bond acceptors (Lipinski definition) is 4. The molecule has 0 spiro atoms. The van der Waals surface area contributed by atoms with Crippen molar-refractivity contribution in [2.24, 2.45) is 5.10 Å². The number of rotatable bonds is 3. The first-order valence-corrected chi connectivity index (χ1v) is 5.57. The summed E-state index contributed by atoms with van der Waals surface area (Å²) in [6.45, 7) is 0. The van der Waals surface area contributed by atoms with E-state index in [2.05, 4.69) is 15.5 Å². The average molecular weight is 231 g/mol. The molecule has 80 valence electrons. The Bertz CT molecular complexity index is 479. The Kier molecular flexibility index (Phi) is 3.40. The summed E-state index contributed by atoms with van der Waals surface area (Å²) >= 11 is 1.48. The highest BCUT2D eigenvalue weighted by Crippen LogP contribution is 1.98. The summed E-state index contributed by atoms with van der Waals surface area (Å²) in [4.78, 5) is 15.5. The Morgan fingerprint density at radius 2 is 2.19 bits per heavy atom. The first-order chi connectivity index (χ1) is 7.86. The van der Waals surface area contributed by atoms with Crippen LogP contribution in [0.1, 0.15) is 16.1 Å². The van der Waals surface area contributed by atoms with Gasteiger partial charge in [-0.3, -0.25) is 4.79 Å². The van der Waals surface area contributed by atoms with Crippen LogP contribution in [0.5, 0.6) is 0 Å². The minimum atomic E-state index is -0.230. The number of nitrogens with one attached hydrogen (secondary N) is 1. The zero-order chi connectivity index (χ0) is 11.2. The summed E-state index contributed by atoms with van der Waals surface area (Å²) in [7, 11) is 0. The number of benzene rings is 1. The van der Waals surface area contributed by atoms with E-state index in [0.717, 1.165) is 5.69 Å². The number of thiazole rings is 1. The highest BCUT2D eigenvalue weighted by atomic mass is 32.1. The van der Waals surface area contributed by atoms with Gasteiger partial charge < -0.3 is 0 Å². The van der Waals surface area contributed by atoms with Gasteiger partial charge in [-0.25, -0.2) is 10.4 Å². The lowest BCUT2D eigenvalue weighted by Crippen LogP contribution is -2.17. The fraction of sp³-hybridized carbons (Fsp3) is 0. The molecule has 16 heavy (non-hydrogen) atoms. The first-order valence-electron chi connectivity index (χ1n) is 4.63. The van der Waals surface area contributed by atoms with Gasteiger partial charge in [0.15, 0.2) is 0 Å². The van der Waals surface area contributed by atoms with Crippen molar-refractivity contribution in [2.45, 2.75) is 0 Å². The Morgan fingerprint density at radius 3 is 2.88 bits per heavy atom. The van der Waals surface area contributed by atoms with Gasteiger partial charge in [0.1, 0.15) is 0 Å². The third-order valence-electron chi connectivity index (χ3n) is 1.85. The van der Waals surface area contributed by atoms with E-state index in [1.807, 2.05) is 11.4 Å². The van der Waals surface area contributed by atoms with Crippen LogP contribution in [-0.2, 0) is 0 Å². The minimum Gasteiger partial charge on any atom is -0.267 e. The lowest BCUT2D eigenvalue weighted by Gasteiger charge is -1.97. The second-order valence-corrected chi connectivity index (χ2v) is 3.70. The third kappa shape index (κ3) is 2.74. The summed E-state index contributed by atoms with van der Waals surface area (Å²) in [6, 6.07) is 8.93. The maximum absolute atomic E-state index is 11.5. The Morgan fingerprint density at radius 1 is 1.38 bits per heavy atom. The molecule has 0 aliphatic heterocycles. The van der Waals surface area contributed by atoms with Gasteiger partial charge in [-0.05, 0) is 12.1 Å². The van der Waals surface area contributed by atoms with Gasteiger partial charge in [0.25, 0.3) is 5.91 Å². The van der Waals surface area contributed by atoms with Crippen molar-refractivity contribution >= 4 is 23.5 Å². The van der Waals surface area contributed by atoms with E-state index < -0.39 is 0 Å². The zero-order valence-corrected chi connectivity index (χ0v) is 9.15. The standard InChI is InChI=1S/C11H9N3OS/c15-11(9-4-2-1-3-5-9)14-13-6-10-7-16-8-12-10/h1-8H,(H,14,15)/b13-6+. The van der Waals surface area contributed by atoms with Gasteiger partial charge in [0.2, 0.25) is 0 Å². The molecule has 0 aliphatic carbocycles. The zero-order valence-electron chi connectivity index (χ0n) is 8.33. The van der Waals surface area contributed by atoms with Gasteiger partial charge in [0.05, 0.1) is 17.4 Å². The number of amides is 1. The molecule has 0 atom stereocenters. The number of hydrazone groups is 1. The molecule has 0 saturated heterocycles. The highest BCUT2D eigenvalue weighted by Gasteiger charge is 2.01. The first kappa shape index (κ1) is 10.5. The molecular weight excluding hydrogens is 222 g/mol. The van der Waals surface area contributed by atoms with Crippen LogP contribution in [0, 0.1) is 0 Å². The molecule has 0 saturated carbocycles. The molecule has 0 unspecified atom stereocenters. The number of nitrogens with zero attached hydrogens (tertiary/aromatic N) is 2. The number of carbonyl (C=O) groups excluding carboxylic acids is 1. The predicted molar refractivity (Wildman–Crippen MR) is 63.6 cm³/mol. The smallest absolute Gasteiger partial charge is 0.267 e. The van der Waals surface area contributed by atoms with Crippen molar-refractivity contribution in [2.75, 3.05) is 0 Å². The molecule has 2 aromatic rings. The van der Waals surface area contributed by atoms with Crippen LogP contribution in [0.2, 0.25) is 0 Å². The topological polar surface area (TPSA) is 54.4 Å². The Hall–Kier alpha value is -2.01. The van der Waals surface area contributed by atoms with E-state index >= 15 is 0 Å². The van der Waals surface area contributed by atoms with Gasteiger partial charge in [-0.1, -0.05) is 18.2 Å². The van der Waals surface area contributed by atoms with E-state index in [4.69, 9.17) is 0 Å². The third-order valence-corrected chi connectivity index (χ3v) is 2.46. The summed E-state index contributed by atoms with van der Waals surface area (Å²) in [6.07, 6.45) is 1.51. The van der Waals surface area contributed by atoms with Crippen LogP contribution in [-0.4, -0.2) is 17.1 Å². The Labute approximate surface area is 96.7 Å². The maximum atomic E-state index is 11.5. The van der Waals surface area contributed by atoms with E-state index in [1.165, 1.54) is 17.6 Å². The summed E-state index contributed by atoms with van der Waals surface area (Å²) < 4.78 is 0. The molecule has 4 nitrogen and oxygen atoms in total. The minimum absolute atomic E-state index is 0.230. The van der Waals surface area contributed by atoms with Crippen LogP contribution in [0.4, 0.5) is 0 Å². The molecule has 1 N–H and O–H groups in total. The summed E-state index contributed by atoms with van der Waals surface area (Å²) in [5.74, 6) is -0.230. The van der Waals surface area contributed by atoms with Crippen molar-refractivity contribution in [3.63, 3.8) is 0 Å². The molecule has 5 heteroatoms. The van der Waals surface area contributed by atoms with Crippen LogP contribution in [0.15, 0.2) is 46.3 Å². The quantitative estimate of drug-likeness (QED) is 0.648. The van der Waals surface area contributed by atoms with Crippen LogP contribution < -0.4 is 5.43 Å². The number of hydrogen-bond donors (Lipinski definition) is 1. The van der Waals surface area contributed by atoms with Gasteiger partial charge >= 0.3 is 0 Å². The molecule has 1 aromatic heterocycles. The molecule has 2 rings (SSSR count). The number of carbonyl (C=O) groups is 1. The predicted octanol–water partition coefficient (Wildman–Crippen LogP) is 1.91. The van der Waals surface area contributed by atoms with Crippen molar-refractivity contribution < 1.29 is 4.79 Å². The summed E-state index contributed by atoms with van der Waals surface area (Å²) in [5, 5.41) is 5.66. The van der Waals surface area contributed by atoms with Crippen LogP contribution >= 0.6 is 11.3 Å². The average Bonchev–Trinajstić information content (AvgIpc) is 2.83. The molecule has 1 aromatic carbocycles. The lowest BCUT2D eigenvalue weighted by atomic mass is 10.2. The van der Waals surface area contributed by atoms with E-state index in [0.29, 0.717) is 5.56 Å². The molecule has 1 amide bonds. The molecular formula is C11H9N3OS. The monoisotopic (exact) mass is 231 g/mol. The Balaban J connectivity index is 1.94. The molecule has 0 radical (unpaired) electrons. The fourth-order valence-corrected chi connectivity index (χ4v) is 1.60. The molecule has 0 bridgehead atoms. The van der Waals surface area contributed by atoms with Crippen molar-refractivity contribution in [1.29, 1.82) is 0 Å². The largest absolute Gasteiger partial charge is 0.271 e. The van der Waals surface area contributed by atoms with Gasteiger partial charge in [0, 0.05) is 10.9 Å². The van der Waals surface area contributed by atoms with Gasteiger partial charge in [-0.2, -0.15) is 5.10 Å². The van der Waals surface area contributed by atoms with E-state index in [1.54, 1.807) is 29.8 Å². The molecule has 1 heterocycles. The molecule has 0 fully saturated rings. The van der Waals surface area contributed by atoms with Crippen LogP contribution in [0.25, 0.3) is 0 Å². The lowest BCUT2D eigenvalue weighted by molar-refractivity contribution is 0.0955.